The molecule has 0 spiro atoms. The van der Waals surface area contributed by atoms with Crippen molar-refractivity contribution in [3.05, 3.63) is 30.1 Å². The Hall–Kier alpha value is -2.52. The number of H-pyrrole nitrogens is 2. The first-order chi connectivity index (χ1) is 12.3. The average molecular weight is 342 g/mol. The highest BCUT2D eigenvalue weighted by atomic mass is 16.5. The van der Waals surface area contributed by atoms with E-state index in [1.54, 1.807) is 19.8 Å². The number of anilines is 1. The summed E-state index contributed by atoms with van der Waals surface area (Å²) in [7, 11) is 1.68. The Labute approximate surface area is 145 Å². The minimum atomic E-state index is 0.484. The van der Waals surface area contributed by atoms with Gasteiger partial charge in [0.1, 0.15) is 11.8 Å². The third-order valence-corrected chi connectivity index (χ3v) is 4.55. The molecule has 0 aromatic carbocycles. The molecule has 9 nitrogen and oxygen atoms in total. The molecular weight excluding hydrogens is 320 g/mol. The summed E-state index contributed by atoms with van der Waals surface area (Å²) in [6.45, 7) is 3.24. The lowest BCUT2D eigenvalue weighted by atomic mass is 10.0. The Kier molecular flexibility index (Phi) is 4.57. The number of aromatic amines is 2. The van der Waals surface area contributed by atoms with Gasteiger partial charge in [-0.05, 0) is 18.9 Å². The average Bonchev–Trinajstić information content (AvgIpc) is 3.29. The van der Waals surface area contributed by atoms with Gasteiger partial charge in [-0.2, -0.15) is 5.10 Å². The largest absolute Gasteiger partial charge is 0.378 e. The third-order valence-electron chi connectivity index (χ3n) is 4.55. The zero-order valence-electron chi connectivity index (χ0n) is 14.2. The highest BCUT2D eigenvalue weighted by Gasteiger charge is 2.22. The number of methoxy groups -OCH3 is 1. The van der Waals surface area contributed by atoms with Crippen molar-refractivity contribution in [3.8, 4) is 0 Å². The van der Waals surface area contributed by atoms with Crippen molar-refractivity contribution < 1.29 is 4.74 Å². The van der Waals surface area contributed by atoms with E-state index < -0.39 is 0 Å². The summed E-state index contributed by atoms with van der Waals surface area (Å²) in [6.07, 6.45) is 5.38. The van der Waals surface area contributed by atoms with Gasteiger partial charge < -0.3 is 19.9 Å². The van der Waals surface area contributed by atoms with Crippen LogP contribution in [0.25, 0.3) is 11.2 Å². The fourth-order valence-electron chi connectivity index (χ4n) is 3.27. The number of hydrogen-bond donors (Lipinski definition) is 3. The van der Waals surface area contributed by atoms with Gasteiger partial charge in [-0.1, -0.05) is 0 Å². The van der Waals surface area contributed by atoms with Gasteiger partial charge in [0, 0.05) is 32.8 Å². The highest BCUT2D eigenvalue weighted by molar-refractivity contribution is 5.82. The van der Waals surface area contributed by atoms with Crippen LogP contribution in [0.2, 0.25) is 0 Å². The SMILES string of the molecule is COCc1cc(CNC2CCN(c3ncnc4nc[nH]c34)CC2)n[nH]1. The van der Waals surface area contributed by atoms with Crippen LogP contribution in [0, 0.1) is 0 Å². The molecule has 25 heavy (non-hydrogen) atoms. The number of fused-ring (bicyclic) bond motifs is 1. The summed E-state index contributed by atoms with van der Waals surface area (Å²) < 4.78 is 5.10. The summed E-state index contributed by atoms with van der Waals surface area (Å²) in [4.78, 5) is 18.3. The van der Waals surface area contributed by atoms with E-state index in [0.717, 1.165) is 60.8 Å². The van der Waals surface area contributed by atoms with E-state index in [-0.39, 0.29) is 0 Å². The molecule has 1 saturated heterocycles. The van der Waals surface area contributed by atoms with Crippen molar-refractivity contribution in [1.29, 1.82) is 0 Å². The molecule has 1 aliphatic rings. The second-order valence-corrected chi connectivity index (χ2v) is 6.26. The maximum absolute atomic E-state index is 5.10. The Morgan fingerprint density at radius 2 is 2.16 bits per heavy atom. The van der Waals surface area contributed by atoms with Gasteiger partial charge in [0.05, 0.1) is 24.3 Å². The maximum atomic E-state index is 5.10. The molecule has 3 aromatic rings. The quantitative estimate of drug-likeness (QED) is 0.613. The van der Waals surface area contributed by atoms with Crippen LogP contribution in [0.3, 0.4) is 0 Å². The predicted molar refractivity (Wildman–Crippen MR) is 93.1 cm³/mol. The van der Waals surface area contributed by atoms with E-state index in [1.165, 1.54) is 0 Å². The van der Waals surface area contributed by atoms with Crippen LogP contribution in [0.5, 0.6) is 0 Å². The molecule has 0 unspecified atom stereocenters. The van der Waals surface area contributed by atoms with Crippen molar-refractivity contribution in [2.75, 3.05) is 25.1 Å². The Balaban J connectivity index is 1.31. The van der Waals surface area contributed by atoms with Gasteiger partial charge in [0.15, 0.2) is 11.5 Å². The van der Waals surface area contributed by atoms with E-state index in [4.69, 9.17) is 4.74 Å². The number of rotatable bonds is 6. The number of nitrogens with zero attached hydrogens (tertiary/aromatic N) is 5. The van der Waals surface area contributed by atoms with E-state index >= 15 is 0 Å². The van der Waals surface area contributed by atoms with Crippen molar-refractivity contribution in [1.82, 2.24) is 35.5 Å². The lowest BCUT2D eigenvalue weighted by Gasteiger charge is -2.33. The molecule has 0 aliphatic carbocycles. The molecule has 1 fully saturated rings. The number of piperidine rings is 1. The van der Waals surface area contributed by atoms with Gasteiger partial charge in [-0.15, -0.1) is 0 Å². The summed E-state index contributed by atoms with van der Waals surface area (Å²) in [5.41, 5.74) is 3.65. The van der Waals surface area contributed by atoms with Gasteiger partial charge >= 0.3 is 0 Å². The van der Waals surface area contributed by atoms with Crippen LogP contribution in [0.15, 0.2) is 18.7 Å². The normalized spacial score (nSPS) is 16.0. The lowest BCUT2D eigenvalue weighted by molar-refractivity contribution is 0.181. The van der Waals surface area contributed by atoms with Crippen LogP contribution in [0.4, 0.5) is 5.82 Å². The second-order valence-electron chi connectivity index (χ2n) is 6.26. The smallest absolute Gasteiger partial charge is 0.182 e. The lowest BCUT2D eigenvalue weighted by Crippen LogP contribution is -2.42. The zero-order chi connectivity index (χ0) is 17.1. The monoisotopic (exact) mass is 342 g/mol. The molecule has 0 bridgehead atoms. The number of hydrogen-bond acceptors (Lipinski definition) is 7. The molecule has 9 heteroatoms. The minimum Gasteiger partial charge on any atom is -0.378 e. The first kappa shape index (κ1) is 16.0. The Morgan fingerprint density at radius 1 is 1.28 bits per heavy atom. The fourth-order valence-corrected chi connectivity index (χ4v) is 3.27. The molecule has 0 amide bonds. The summed E-state index contributed by atoms with van der Waals surface area (Å²) in [5.74, 6) is 0.942. The molecule has 1 aliphatic heterocycles. The van der Waals surface area contributed by atoms with E-state index in [1.807, 2.05) is 6.07 Å². The van der Waals surface area contributed by atoms with Crippen molar-refractivity contribution in [2.24, 2.45) is 0 Å². The van der Waals surface area contributed by atoms with Crippen LogP contribution >= 0.6 is 0 Å². The van der Waals surface area contributed by atoms with E-state index in [9.17, 15) is 0 Å². The Morgan fingerprint density at radius 3 is 3.00 bits per heavy atom. The standard InChI is InChI=1S/C16H22N8O/c1-25-8-13-6-12(22-23-13)7-17-11-2-4-24(5-3-11)16-14-15(19-9-18-14)20-10-21-16/h6,9-11,17H,2-5,7-8H2,1H3,(H,22,23)(H,18,19,20,21). The van der Waals surface area contributed by atoms with E-state index in [0.29, 0.717) is 12.6 Å². The van der Waals surface area contributed by atoms with Crippen LogP contribution in [-0.2, 0) is 17.9 Å². The molecule has 0 saturated carbocycles. The van der Waals surface area contributed by atoms with Crippen molar-refractivity contribution in [2.45, 2.75) is 32.0 Å². The van der Waals surface area contributed by atoms with Crippen LogP contribution in [0.1, 0.15) is 24.2 Å². The van der Waals surface area contributed by atoms with Crippen molar-refractivity contribution >= 4 is 17.0 Å². The Bertz CT molecular complexity index is 820. The molecule has 0 atom stereocenters. The zero-order valence-corrected chi connectivity index (χ0v) is 14.2. The molecule has 4 heterocycles. The van der Waals surface area contributed by atoms with Crippen LogP contribution < -0.4 is 10.2 Å². The van der Waals surface area contributed by atoms with Gasteiger partial charge in [0.25, 0.3) is 0 Å². The minimum absolute atomic E-state index is 0.484. The molecule has 4 rings (SSSR count). The molecule has 3 aromatic heterocycles. The number of imidazole rings is 1. The highest BCUT2D eigenvalue weighted by Crippen LogP contribution is 2.23. The third kappa shape index (κ3) is 3.47. The van der Waals surface area contributed by atoms with E-state index in [2.05, 4.69) is 40.3 Å². The molecular formula is C16H22N8O. The number of ether oxygens (including phenoxy) is 1. The molecule has 0 radical (unpaired) electrons. The first-order valence-electron chi connectivity index (χ1n) is 8.48. The van der Waals surface area contributed by atoms with Gasteiger partial charge in [-0.25, -0.2) is 15.0 Å². The fraction of sp³-hybridized carbons (Fsp3) is 0.500. The number of aromatic nitrogens is 6. The first-order valence-corrected chi connectivity index (χ1v) is 8.48. The molecule has 132 valence electrons. The summed E-state index contributed by atoms with van der Waals surface area (Å²) >= 11 is 0. The van der Waals surface area contributed by atoms with Crippen molar-refractivity contribution in [3.63, 3.8) is 0 Å². The maximum Gasteiger partial charge on any atom is 0.182 e. The number of nitrogens with one attached hydrogen (secondary N) is 3. The summed E-state index contributed by atoms with van der Waals surface area (Å²) in [5, 5.41) is 10.9. The second kappa shape index (κ2) is 7.16. The molecule has 3 N–H and O–H groups in total. The van der Waals surface area contributed by atoms with Gasteiger partial charge in [0.2, 0.25) is 0 Å². The van der Waals surface area contributed by atoms with Crippen LogP contribution in [-0.4, -0.2) is 56.4 Å². The summed E-state index contributed by atoms with van der Waals surface area (Å²) in [6, 6.07) is 2.53. The topological polar surface area (TPSA) is 108 Å². The predicted octanol–water partition coefficient (Wildman–Crippen LogP) is 0.981. The van der Waals surface area contributed by atoms with Gasteiger partial charge in [-0.3, -0.25) is 5.10 Å².